The second kappa shape index (κ2) is 3.66. The molecule has 2 aromatic rings. The summed E-state index contributed by atoms with van der Waals surface area (Å²) in [5.74, 6) is 0. The summed E-state index contributed by atoms with van der Waals surface area (Å²) >= 11 is 0.998. The van der Waals surface area contributed by atoms with Gasteiger partial charge in [-0.2, -0.15) is 13.2 Å². The summed E-state index contributed by atoms with van der Waals surface area (Å²) in [6.07, 6.45) is -4.65. The molecule has 0 bridgehead atoms. The van der Waals surface area contributed by atoms with E-state index >= 15 is 0 Å². The van der Waals surface area contributed by atoms with E-state index in [0.717, 1.165) is 17.4 Å². The Bertz CT molecular complexity index is 606. The molecule has 1 heterocycles. The summed E-state index contributed by atoms with van der Waals surface area (Å²) < 4.78 is 38.3. The van der Waals surface area contributed by atoms with Crippen LogP contribution >= 0.6 is 11.3 Å². The van der Waals surface area contributed by atoms with Crippen LogP contribution < -0.4 is 0 Å². The first-order valence-electron chi connectivity index (χ1n) is 4.42. The molecular weight excluding hydrogens is 257 g/mol. The van der Waals surface area contributed by atoms with E-state index < -0.39 is 22.4 Å². The molecule has 0 radical (unpaired) electrons. The van der Waals surface area contributed by atoms with Gasteiger partial charge in [0, 0.05) is 12.1 Å². The molecule has 0 atom stereocenters. The van der Waals surface area contributed by atoms with E-state index in [9.17, 15) is 23.3 Å². The maximum atomic E-state index is 12.7. The van der Waals surface area contributed by atoms with Crippen molar-refractivity contribution in [3.63, 3.8) is 0 Å². The number of nitro groups is 1. The Hall–Kier alpha value is -1.70. The molecule has 0 aliphatic carbocycles. The van der Waals surface area contributed by atoms with Gasteiger partial charge in [-0.15, -0.1) is 11.3 Å². The minimum Gasteiger partial charge on any atom is -0.258 e. The largest absolute Gasteiger partial charge is 0.418 e. The number of alkyl halides is 3. The van der Waals surface area contributed by atoms with E-state index in [1.54, 1.807) is 6.92 Å². The quantitative estimate of drug-likeness (QED) is 0.583. The number of hydrogen-bond acceptors (Lipinski definition) is 4. The van der Waals surface area contributed by atoms with Crippen LogP contribution in [0, 0.1) is 17.0 Å². The van der Waals surface area contributed by atoms with Crippen molar-refractivity contribution in [2.45, 2.75) is 13.1 Å². The van der Waals surface area contributed by atoms with Crippen LogP contribution in [-0.2, 0) is 6.18 Å². The Balaban J connectivity index is 2.82. The fourth-order valence-electron chi connectivity index (χ4n) is 1.45. The number of non-ortho nitro benzene ring substituents is 1. The monoisotopic (exact) mass is 262 g/mol. The lowest BCUT2D eigenvalue weighted by atomic mass is 10.1. The standard InChI is InChI=1S/C9H5F3N2O2S/c1-4-13-8-6(9(10,11)12)2-5(14(15)16)3-7(8)17-4/h2-3H,1H3. The molecule has 0 aliphatic rings. The second-order valence-corrected chi connectivity index (χ2v) is 4.56. The van der Waals surface area contributed by atoms with Crippen molar-refractivity contribution in [3.8, 4) is 0 Å². The Morgan fingerprint density at radius 1 is 1.41 bits per heavy atom. The topological polar surface area (TPSA) is 56.0 Å². The predicted octanol–water partition coefficient (Wildman–Crippen LogP) is 3.53. The molecule has 0 aliphatic heterocycles. The molecule has 0 N–H and O–H groups in total. The highest BCUT2D eigenvalue weighted by atomic mass is 32.1. The maximum absolute atomic E-state index is 12.7. The molecule has 0 saturated heterocycles. The molecule has 1 aromatic heterocycles. The molecule has 0 saturated carbocycles. The number of nitrogens with zero attached hydrogens (tertiary/aromatic N) is 2. The summed E-state index contributed by atoms with van der Waals surface area (Å²) in [5, 5.41) is 11.0. The van der Waals surface area contributed by atoms with E-state index in [-0.39, 0.29) is 10.2 Å². The molecule has 4 nitrogen and oxygen atoms in total. The third-order valence-corrected chi connectivity index (χ3v) is 3.02. The summed E-state index contributed by atoms with van der Waals surface area (Å²) in [6, 6.07) is 1.62. The third kappa shape index (κ3) is 2.07. The fourth-order valence-corrected chi connectivity index (χ4v) is 2.33. The number of benzene rings is 1. The fraction of sp³-hybridized carbons (Fsp3) is 0.222. The normalized spacial score (nSPS) is 12.0. The molecule has 90 valence electrons. The maximum Gasteiger partial charge on any atom is 0.418 e. The molecule has 2 rings (SSSR count). The first-order chi connectivity index (χ1) is 7.79. The van der Waals surface area contributed by atoms with Crippen LogP contribution in [0.2, 0.25) is 0 Å². The Kier molecular flexibility index (Phi) is 2.53. The van der Waals surface area contributed by atoms with Crippen molar-refractivity contribution in [3.05, 3.63) is 32.8 Å². The first-order valence-corrected chi connectivity index (χ1v) is 5.23. The number of fused-ring (bicyclic) bond motifs is 1. The highest BCUT2D eigenvalue weighted by molar-refractivity contribution is 7.18. The van der Waals surface area contributed by atoms with E-state index in [2.05, 4.69) is 4.98 Å². The summed E-state index contributed by atoms with van der Waals surface area (Å²) in [6.45, 7) is 1.55. The lowest BCUT2D eigenvalue weighted by molar-refractivity contribution is -0.385. The van der Waals surface area contributed by atoms with Crippen molar-refractivity contribution in [1.82, 2.24) is 4.98 Å². The lowest BCUT2D eigenvalue weighted by Gasteiger charge is -2.06. The molecule has 1 aromatic carbocycles. The summed E-state index contributed by atoms with van der Waals surface area (Å²) in [4.78, 5) is 13.5. The first kappa shape index (κ1) is 11.8. The molecule has 0 fully saturated rings. The Labute approximate surface area is 96.9 Å². The van der Waals surface area contributed by atoms with Crippen LogP contribution in [0.4, 0.5) is 18.9 Å². The van der Waals surface area contributed by atoms with Crippen LogP contribution in [0.5, 0.6) is 0 Å². The number of aromatic nitrogens is 1. The van der Waals surface area contributed by atoms with Crippen molar-refractivity contribution < 1.29 is 18.1 Å². The van der Waals surface area contributed by atoms with E-state index in [4.69, 9.17) is 0 Å². The number of aryl methyl sites for hydroxylation is 1. The van der Waals surface area contributed by atoms with Gasteiger partial charge in [0.05, 0.1) is 25.7 Å². The van der Waals surface area contributed by atoms with Crippen LogP contribution in [0.3, 0.4) is 0 Å². The Morgan fingerprint density at radius 2 is 2.06 bits per heavy atom. The SMILES string of the molecule is Cc1nc2c(C(F)(F)F)cc([N+](=O)[O-])cc2s1. The van der Waals surface area contributed by atoms with Gasteiger partial charge in [0.1, 0.15) is 0 Å². The lowest BCUT2D eigenvalue weighted by Crippen LogP contribution is -2.06. The smallest absolute Gasteiger partial charge is 0.258 e. The molecule has 17 heavy (non-hydrogen) atoms. The van der Waals surface area contributed by atoms with Gasteiger partial charge in [-0.05, 0) is 6.92 Å². The number of nitro benzene ring substituents is 1. The van der Waals surface area contributed by atoms with Gasteiger partial charge in [0.25, 0.3) is 5.69 Å². The molecule has 0 spiro atoms. The van der Waals surface area contributed by atoms with Gasteiger partial charge in [0.2, 0.25) is 0 Å². The van der Waals surface area contributed by atoms with Gasteiger partial charge in [-0.1, -0.05) is 0 Å². The zero-order chi connectivity index (χ0) is 12.8. The van der Waals surface area contributed by atoms with Crippen LogP contribution in [0.1, 0.15) is 10.6 Å². The van der Waals surface area contributed by atoms with Crippen LogP contribution in [-0.4, -0.2) is 9.91 Å². The summed E-state index contributed by atoms with van der Waals surface area (Å²) in [5.41, 5.74) is -1.87. The number of hydrogen-bond donors (Lipinski definition) is 0. The third-order valence-electron chi connectivity index (χ3n) is 2.10. The zero-order valence-corrected chi connectivity index (χ0v) is 9.22. The zero-order valence-electron chi connectivity index (χ0n) is 8.41. The average Bonchev–Trinajstić information content (AvgIpc) is 2.54. The van der Waals surface area contributed by atoms with Crippen molar-refractivity contribution in [2.24, 2.45) is 0 Å². The average molecular weight is 262 g/mol. The Morgan fingerprint density at radius 3 is 2.59 bits per heavy atom. The van der Waals surface area contributed by atoms with Gasteiger partial charge in [0.15, 0.2) is 0 Å². The number of halogens is 3. The van der Waals surface area contributed by atoms with E-state index in [1.165, 1.54) is 0 Å². The minimum absolute atomic E-state index is 0.170. The molecular formula is C9H5F3N2O2S. The van der Waals surface area contributed by atoms with Crippen molar-refractivity contribution >= 4 is 27.2 Å². The van der Waals surface area contributed by atoms with Gasteiger partial charge in [-0.25, -0.2) is 4.98 Å². The second-order valence-electron chi connectivity index (χ2n) is 3.33. The van der Waals surface area contributed by atoms with Gasteiger partial charge in [-0.3, -0.25) is 10.1 Å². The predicted molar refractivity (Wildman–Crippen MR) is 56.0 cm³/mol. The van der Waals surface area contributed by atoms with E-state index in [0.29, 0.717) is 11.1 Å². The highest BCUT2D eigenvalue weighted by Crippen LogP contribution is 2.38. The number of rotatable bonds is 1. The van der Waals surface area contributed by atoms with Crippen LogP contribution in [0.25, 0.3) is 10.2 Å². The van der Waals surface area contributed by atoms with E-state index in [1.807, 2.05) is 0 Å². The number of thiazole rings is 1. The van der Waals surface area contributed by atoms with Crippen molar-refractivity contribution in [1.29, 1.82) is 0 Å². The molecule has 0 unspecified atom stereocenters. The minimum atomic E-state index is -4.65. The molecule has 8 heteroatoms. The highest BCUT2D eigenvalue weighted by Gasteiger charge is 2.35. The van der Waals surface area contributed by atoms with Gasteiger partial charge < -0.3 is 0 Å². The summed E-state index contributed by atoms with van der Waals surface area (Å²) in [7, 11) is 0. The molecule has 0 amide bonds. The van der Waals surface area contributed by atoms with Crippen LogP contribution in [0.15, 0.2) is 12.1 Å². The van der Waals surface area contributed by atoms with Crippen molar-refractivity contribution in [2.75, 3.05) is 0 Å². The van der Waals surface area contributed by atoms with Gasteiger partial charge >= 0.3 is 6.18 Å².